The summed E-state index contributed by atoms with van der Waals surface area (Å²) in [7, 11) is 0. The van der Waals surface area contributed by atoms with Crippen LogP contribution in [-0.4, -0.2) is 6.29 Å². The molecule has 1 atom stereocenters. The SMILES string of the molecule is O=CC(C1CC1)[n+]1ccccc1. The van der Waals surface area contributed by atoms with Gasteiger partial charge in [-0.3, -0.25) is 4.79 Å². The van der Waals surface area contributed by atoms with Crippen LogP contribution in [0.3, 0.4) is 0 Å². The van der Waals surface area contributed by atoms with E-state index in [0.717, 1.165) is 6.29 Å². The molecule has 0 amide bonds. The van der Waals surface area contributed by atoms with Crippen LogP contribution in [0.25, 0.3) is 0 Å². The van der Waals surface area contributed by atoms with Crippen molar-refractivity contribution >= 4 is 6.29 Å². The van der Waals surface area contributed by atoms with Crippen LogP contribution >= 0.6 is 0 Å². The summed E-state index contributed by atoms with van der Waals surface area (Å²) in [6.45, 7) is 0. The van der Waals surface area contributed by atoms with E-state index in [0.29, 0.717) is 5.92 Å². The van der Waals surface area contributed by atoms with Crippen molar-refractivity contribution in [1.29, 1.82) is 0 Å². The number of hydrogen-bond donors (Lipinski definition) is 0. The van der Waals surface area contributed by atoms with E-state index in [-0.39, 0.29) is 6.04 Å². The number of rotatable bonds is 3. The molecule has 2 nitrogen and oxygen atoms in total. The number of nitrogens with zero attached hydrogens (tertiary/aromatic N) is 1. The molecule has 0 N–H and O–H groups in total. The lowest BCUT2D eigenvalue weighted by Gasteiger charge is -2.01. The third kappa shape index (κ3) is 1.37. The van der Waals surface area contributed by atoms with Gasteiger partial charge < -0.3 is 0 Å². The maximum absolute atomic E-state index is 10.8. The zero-order chi connectivity index (χ0) is 8.39. The Bertz CT molecular complexity index is 266. The molecule has 1 aliphatic rings. The van der Waals surface area contributed by atoms with Gasteiger partial charge in [-0.2, -0.15) is 4.57 Å². The number of carbonyl (C=O) groups is 1. The summed E-state index contributed by atoms with van der Waals surface area (Å²) < 4.78 is 1.99. The first-order chi connectivity index (χ1) is 5.92. The predicted molar refractivity (Wildman–Crippen MR) is 44.5 cm³/mol. The number of aromatic nitrogens is 1. The summed E-state index contributed by atoms with van der Waals surface area (Å²) in [4.78, 5) is 10.8. The van der Waals surface area contributed by atoms with Crippen LogP contribution in [0.4, 0.5) is 0 Å². The Labute approximate surface area is 71.8 Å². The third-order valence-electron chi connectivity index (χ3n) is 2.33. The van der Waals surface area contributed by atoms with Crippen LogP contribution in [0.1, 0.15) is 18.9 Å². The Hall–Kier alpha value is -1.18. The minimum atomic E-state index is 0.0752. The predicted octanol–water partition coefficient (Wildman–Crippen LogP) is 1.12. The fourth-order valence-corrected chi connectivity index (χ4v) is 1.47. The highest BCUT2D eigenvalue weighted by molar-refractivity contribution is 5.54. The zero-order valence-electron chi connectivity index (χ0n) is 6.89. The van der Waals surface area contributed by atoms with E-state index in [2.05, 4.69) is 0 Å². The van der Waals surface area contributed by atoms with Gasteiger partial charge in [-0.15, -0.1) is 0 Å². The van der Waals surface area contributed by atoms with Crippen LogP contribution in [0.15, 0.2) is 30.6 Å². The van der Waals surface area contributed by atoms with Crippen molar-refractivity contribution in [2.45, 2.75) is 18.9 Å². The average Bonchev–Trinajstić information content (AvgIpc) is 2.92. The largest absolute Gasteiger partial charge is 0.296 e. The monoisotopic (exact) mass is 162 g/mol. The van der Waals surface area contributed by atoms with Crippen LogP contribution in [-0.2, 0) is 4.79 Å². The van der Waals surface area contributed by atoms with Gasteiger partial charge >= 0.3 is 0 Å². The Morgan fingerprint density at radius 2 is 1.92 bits per heavy atom. The molecule has 0 saturated heterocycles. The van der Waals surface area contributed by atoms with E-state index in [1.807, 2.05) is 35.2 Å². The van der Waals surface area contributed by atoms with Gasteiger partial charge in [0.15, 0.2) is 18.7 Å². The summed E-state index contributed by atoms with van der Waals surface area (Å²) in [5.41, 5.74) is 0. The lowest BCUT2D eigenvalue weighted by Crippen LogP contribution is -2.40. The fourth-order valence-electron chi connectivity index (χ4n) is 1.47. The highest BCUT2D eigenvalue weighted by Crippen LogP contribution is 2.35. The molecule has 2 heteroatoms. The Morgan fingerprint density at radius 1 is 1.25 bits per heavy atom. The number of hydrogen-bond acceptors (Lipinski definition) is 1. The first-order valence-corrected chi connectivity index (χ1v) is 4.33. The fraction of sp³-hybridized carbons (Fsp3) is 0.400. The molecule has 2 rings (SSSR count). The van der Waals surface area contributed by atoms with E-state index in [1.54, 1.807) is 0 Å². The summed E-state index contributed by atoms with van der Waals surface area (Å²) in [5, 5.41) is 0. The molecule has 1 fully saturated rings. The maximum Gasteiger partial charge on any atom is 0.215 e. The van der Waals surface area contributed by atoms with Gasteiger partial charge in [-0.25, -0.2) is 0 Å². The molecule has 0 aromatic carbocycles. The molecule has 0 radical (unpaired) electrons. The molecular formula is C10H12NO+. The van der Waals surface area contributed by atoms with Gasteiger partial charge in [0.25, 0.3) is 0 Å². The summed E-state index contributed by atoms with van der Waals surface area (Å²) in [6, 6.07) is 5.95. The van der Waals surface area contributed by atoms with Crippen molar-refractivity contribution in [2.24, 2.45) is 5.92 Å². The quantitative estimate of drug-likeness (QED) is 0.482. The second kappa shape index (κ2) is 3.05. The van der Waals surface area contributed by atoms with Crippen LogP contribution in [0.2, 0.25) is 0 Å². The van der Waals surface area contributed by atoms with Crippen molar-refractivity contribution in [3.8, 4) is 0 Å². The van der Waals surface area contributed by atoms with Crippen molar-refractivity contribution in [3.63, 3.8) is 0 Å². The highest BCUT2D eigenvalue weighted by Gasteiger charge is 2.37. The third-order valence-corrected chi connectivity index (χ3v) is 2.33. The molecule has 1 unspecified atom stereocenters. The molecule has 1 heterocycles. The number of pyridine rings is 1. The molecule has 1 aromatic rings. The lowest BCUT2D eigenvalue weighted by molar-refractivity contribution is -0.711. The summed E-state index contributed by atoms with van der Waals surface area (Å²) in [5.74, 6) is 0.592. The smallest absolute Gasteiger partial charge is 0.215 e. The summed E-state index contributed by atoms with van der Waals surface area (Å²) >= 11 is 0. The normalized spacial score (nSPS) is 18.7. The van der Waals surface area contributed by atoms with Gasteiger partial charge in [0.1, 0.15) is 0 Å². The molecule has 12 heavy (non-hydrogen) atoms. The Kier molecular flexibility index (Phi) is 1.90. The lowest BCUT2D eigenvalue weighted by atomic mass is 10.2. The van der Waals surface area contributed by atoms with Gasteiger partial charge in [-0.1, -0.05) is 6.07 Å². The van der Waals surface area contributed by atoms with E-state index in [4.69, 9.17) is 0 Å². The number of aldehydes is 1. The van der Waals surface area contributed by atoms with Crippen LogP contribution < -0.4 is 4.57 Å². The topological polar surface area (TPSA) is 20.9 Å². The van der Waals surface area contributed by atoms with Crippen molar-refractivity contribution < 1.29 is 9.36 Å². The minimum Gasteiger partial charge on any atom is -0.296 e. The second-order valence-corrected chi connectivity index (χ2v) is 3.29. The van der Waals surface area contributed by atoms with E-state index in [9.17, 15) is 4.79 Å². The summed E-state index contributed by atoms with van der Waals surface area (Å²) in [6.07, 6.45) is 7.36. The van der Waals surface area contributed by atoms with Crippen molar-refractivity contribution in [1.82, 2.24) is 0 Å². The Morgan fingerprint density at radius 3 is 2.42 bits per heavy atom. The molecule has 1 aromatic heterocycles. The van der Waals surface area contributed by atoms with E-state index in [1.165, 1.54) is 12.8 Å². The maximum atomic E-state index is 10.8. The molecule has 1 saturated carbocycles. The van der Waals surface area contributed by atoms with E-state index >= 15 is 0 Å². The van der Waals surface area contributed by atoms with Crippen LogP contribution in [0.5, 0.6) is 0 Å². The van der Waals surface area contributed by atoms with Gasteiger partial charge in [0.05, 0.1) is 0 Å². The Balaban J connectivity index is 2.21. The van der Waals surface area contributed by atoms with E-state index < -0.39 is 0 Å². The zero-order valence-corrected chi connectivity index (χ0v) is 6.89. The minimum absolute atomic E-state index is 0.0752. The van der Waals surface area contributed by atoms with Crippen LogP contribution in [0, 0.1) is 5.92 Å². The molecule has 0 spiro atoms. The molecule has 0 bridgehead atoms. The van der Waals surface area contributed by atoms with Gasteiger partial charge in [0.2, 0.25) is 6.04 Å². The van der Waals surface area contributed by atoms with Gasteiger partial charge in [-0.05, 0) is 12.8 Å². The molecule has 1 aliphatic carbocycles. The average molecular weight is 162 g/mol. The molecular weight excluding hydrogens is 150 g/mol. The second-order valence-electron chi connectivity index (χ2n) is 3.29. The number of carbonyl (C=O) groups excluding carboxylic acids is 1. The molecule has 62 valence electrons. The van der Waals surface area contributed by atoms with Crippen molar-refractivity contribution in [2.75, 3.05) is 0 Å². The standard InChI is InChI=1S/C10H12NO/c12-8-10(9-4-5-9)11-6-2-1-3-7-11/h1-3,6-10H,4-5H2/q+1. The highest BCUT2D eigenvalue weighted by atomic mass is 16.1. The first kappa shape index (κ1) is 7.47. The molecule has 0 aliphatic heterocycles. The van der Waals surface area contributed by atoms with Gasteiger partial charge in [0, 0.05) is 18.1 Å². The van der Waals surface area contributed by atoms with Crippen molar-refractivity contribution in [3.05, 3.63) is 30.6 Å². The first-order valence-electron chi connectivity index (χ1n) is 4.33.